The van der Waals surface area contributed by atoms with Crippen molar-refractivity contribution in [2.45, 2.75) is 51.1 Å². The van der Waals surface area contributed by atoms with Gasteiger partial charge in [0.1, 0.15) is 6.26 Å². The van der Waals surface area contributed by atoms with Gasteiger partial charge in [0.15, 0.2) is 0 Å². The molecule has 2 aromatic heterocycles. The molecule has 0 radical (unpaired) electrons. The summed E-state index contributed by atoms with van der Waals surface area (Å²) in [5.41, 5.74) is 5.26. The van der Waals surface area contributed by atoms with Gasteiger partial charge in [-0.15, -0.1) is 0 Å². The summed E-state index contributed by atoms with van der Waals surface area (Å²) in [6.07, 6.45) is 8.63. The van der Waals surface area contributed by atoms with Gasteiger partial charge in [0.25, 0.3) is 0 Å². The number of rotatable bonds is 1. The summed E-state index contributed by atoms with van der Waals surface area (Å²) in [6.45, 7) is 4.52. The number of imidazole rings is 1. The molecule has 23 heavy (non-hydrogen) atoms. The second kappa shape index (κ2) is 4.40. The third kappa shape index (κ3) is 1.54. The number of fused-ring (bicyclic) bond motifs is 4. The van der Waals surface area contributed by atoms with Crippen LogP contribution in [0.25, 0.3) is 5.84 Å². The van der Waals surface area contributed by atoms with Crippen LogP contribution in [0.2, 0.25) is 0 Å². The van der Waals surface area contributed by atoms with E-state index in [0.29, 0.717) is 6.04 Å². The minimum Gasteiger partial charge on any atom is -0.432 e. The highest BCUT2D eigenvalue weighted by Crippen LogP contribution is 2.56. The van der Waals surface area contributed by atoms with Gasteiger partial charge < -0.3 is 9.32 Å². The number of anilines is 1. The quantitative estimate of drug-likeness (QED) is 0.659. The van der Waals surface area contributed by atoms with Crippen molar-refractivity contribution >= 4 is 11.5 Å². The zero-order chi connectivity index (χ0) is 15.6. The fourth-order valence-corrected chi connectivity index (χ4v) is 4.86. The molecule has 118 valence electrons. The third-order valence-corrected chi connectivity index (χ3v) is 5.79. The Bertz CT molecular complexity index is 885. The highest BCUT2D eigenvalue weighted by atomic mass is 16.3. The molecule has 1 fully saturated rings. The highest BCUT2D eigenvalue weighted by molar-refractivity contribution is 5.63. The number of hydrogen-bond acceptors (Lipinski definition) is 3. The maximum atomic E-state index is 5.56. The van der Waals surface area contributed by atoms with E-state index in [1.165, 1.54) is 48.3 Å². The van der Waals surface area contributed by atoms with Crippen molar-refractivity contribution < 1.29 is 4.42 Å². The van der Waals surface area contributed by atoms with Gasteiger partial charge in [-0.1, -0.05) is 31.0 Å². The van der Waals surface area contributed by atoms with Gasteiger partial charge in [-0.3, -0.25) is 4.40 Å². The van der Waals surface area contributed by atoms with Crippen molar-refractivity contribution in [3.63, 3.8) is 0 Å². The summed E-state index contributed by atoms with van der Waals surface area (Å²) >= 11 is 0. The Morgan fingerprint density at radius 1 is 1.22 bits per heavy atom. The predicted octanol–water partition coefficient (Wildman–Crippen LogP) is 4.59. The van der Waals surface area contributed by atoms with Gasteiger partial charge in [-0.2, -0.15) is 4.98 Å². The van der Waals surface area contributed by atoms with Gasteiger partial charge >= 0.3 is 5.84 Å². The lowest BCUT2D eigenvalue weighted by Gasteiger charge is -2.40. The molecule has 1 aromatic carbocycles. The molecule has 2 aliphatic rings. The van der Waals surface area contributed by atoms with Crippen LogP contribution in [-0.4, -0.2) is 9.38 Å². The van der Waals surface area contributed by atoms with Crippen LogP contribution in [0.15, 0.2) is 41.1 Å². The lowest BCUT2D eigenvalue weighted by Crippen LogP contribution is -2.41. The molecule has 4 nitrogen and oxygen atoms in total. The number of benzene rings is 1. The minimum atomic E-state index is 0.0371. The fourth-order valence-electron chi connectivity index (χ4n) is 4.86. The molecule has 0 unspecified atom stereocenters. The minimum absolute atomic E-state index is 0.0371. The summed E-state index contributed by atoms with van der Waals surface area (Å²) in [7, 11) is 0. The number of oxazole rings is 1. The third-order valence-electron chi connectivity index (χ3n) is 5.79. The first-order valence-corrected chi connectivity index (χ1v) is 8.53. The fraction of sp³-hybridized carbons (Fsp3) is 0.421. The van der Waals surface area contributed by atoms with E-state index in [1.807, 2.05) is 6.20 Å². The summed E-state index contributed by atoms with van der Waals surface area (Å²) in [5.74, 6) is 0.734. The Balaban J connectivity index is 1.78. The summed E-state index contributed by atoms with van der Waals surface area (Å²) in [6, 6.07) is 9.04. The van der Waals surface area contributed by atoms with Crippen LogP contribution >= 0.6 is 0 Å². The molecule has 1 aliphatic carbocycles. The van der Waals surface area contributed by atoms with Crippen molar-refractivity contribution in [1.29, 1.82) is 0 Å². The number of nitrogens with zero attached hydrogens (tertiary/aromatic N) is 3. The summed E-state index contributed by atoms with van der Waals surface area (Å²) in [5, 5.41) is 0. The number of aromatic nitrogens is 2. The van der Waals surface area contributed by atoms with E-state index < -0.39 is 0 Å². The smallest absolute Gasteiger partial charge is 0.306 e. The lowest BCUT2D eigenvalue weighted by atomic mass is 9.92. The molecule has 1 aliphatic heterocycles. The Kier molecular flexibility index (Phi) is 2.53. The van der Waals surface area contributed by atoms with Gasteiger partial charge in [0, 0.05) is 11.9 Å². The summed E-state index contributed by atoms with van der Waals surface area (Å²) < 4.78 is 7.70. The topological polar surface area (TPSA) is 33.7 Å². The number of hydrogen-bond donors (Lipinski definition) is 0. The van der Waals surface area contributed by atoms with Crippen molar-refractivity contribution in [1.82, 2.24) is 9.38 Å². The largest absolute Gasteiger partial charge is 0.432 e. The van der Waals surface area contributed by atoms with E-state index in [9.17, 15) is 0 Å². The van der Waals surface area contributed by atoms with Gasteiger partial charge in [0.2, 0.25) is 0 Å². The van der Waals surface area contributed by atoms with E-state index in [4.69, 9.17) is 9.40 Å². The van der Waals surface area contributed by atoms with Crippen molar-refractivity contribution in [2.24, 2.45) is 0 Å². The highest BCUT2D eigenvalue weighted by Gasteiger charge is 2.53. The van der Waals surface area contributed by atoms with Crippen LogP contribution in [0.1, 0.15) is 55.6 Å². The second-order valence-electron chi connectivity index (χ2n) is 6.97. The Morgan fingerprint density at radius 3 is 2.78 bits per heavy atom. The van der Waals surface area contributed by atoms with Crippen molar-refractivity contribution in [3.8, 4) is 0 Å². The molecule has 3 aromatic rings. The Morgan fingerprint density at radius 2 is 2.00 bits per heavy atom. The van der Waals surface area contributed by atoms with Crippen LogP contribution in [-0.2, 0) is 5.54 Å². The van der Waals surface area contributed by atoms with E-state index in [-0.39, 0.29) is 5.54 Å². The van der Waals surface area contributed by atoms with Gasteiger partial charge in [-0.25, -0.2) is 0 Å². The van der Waals surface area contributed by atoms with Crippen molar-refractivity contribution in [3.05, 3.63) is 53.7 Å². The first kappa shape index (κ1) is 13.2. The maximum Gasteiger partial charge on any atom is 0.306 e. The van der Waals surface area contributed by atoms with E-state index in [2.05, 4.69) is 47.4 Å². The van der Waals surface area contributed by atoms with Gasteiger partial charge in [-0.05, 0) is 38.3 Å². The molecule has 4 heteroatoms. The molecule has 1 saturated carbocycles. The molecule has 0 N–H and O–H groups in total. The Hall–Kier alpha value is -2.23. The molecule has 0 amide bonds. The predicted molar refractivity (Wildman–Crippen MR) is 89.7 cm³/mol. The van der Waals surface area contributed by atoms with Crippen LogP contribution < -0.4 is 4.90 Å². The monoisotopic (exact) mass is 307 g/mol. The number of aryl methyl sites for hydroxylation is 1. The van der Waals surface area contributed by atoms with E-state index >= 15 is 0 Å². The second-order valence-corrected chi connectivity index (χ2v) is 6.97. The average molecular weight is 307 g/mol. The zero-order valence-corrected chi connectivity index (χ0v) is 13.6. The van der Waals surface area contributed by atoms with Gasteiger partial charge in [0.05, 0.1) is 23.0 Å². The van der Waals surface area contributed by atoms with E-state index in [0.717, 1.165) is 5.84 Å². The van der Waals surface area contributed by atoms with Crippen LogP contribution in [0.3, 0.4) is 0 Å². The molecular formula is C19H21N3O. The van der Waals surface area contributed by atoms with Crippen molar-refractivity contribution in [2.75, 3.05) is 4.90 Å². The molecule has 3 heterocycles. The molecular weight excluding hydrogens is 286 g/mol. The number of para-hydroxylation sites is 1. The SMILES string of the molecule is Cc1ccccc1N1[C@@H](C)c2c(nc3occn23)C12CCCC2. The maximum absolute atomic E-state index is 5.56. The molecule has 5 rings (SSSR count). The summed E-state index contributed by atoms with van der Waals surface area (Å²) in [4.78, 5) is 7.53. The average Bonchev–Trinajstić information content (AvgIpc) is 3.26. The molecule has 1 atom stereocenters. The molecule has 0 bridgehead atoms. The first-order valence-electron chi connectivity index (χ1n) is 8.53. The molecule has 1 spiro atoms. The normalized spacial score (nSPS) is 22.3. The van der Waals surface area contributed by atoms with Crippen LogP contribution in [0, 0.1) is 6.92 Å². The standard InChI is InChI=1S/C19H21N3O/c1-13-7-3-4-8-15(13)22-14(2)16-17(19(22)9-5-6-10-19)20-18-21(16)11-12-23-18/h3-4,7-8,11-12,14H,5-6,9-10H2,1-2H3/t14-/m0/s1. The zero-order valence-electron chi connectivity index (χ0n) is 13.6. The lowest BCUT2D eigenvalue weighted by molar-refractivity contribution is 0.405. The van der Waals surface area contributed by atoms with Crippen LogP contribution in [0.4, 0.5) is 5.69 Å². The van der Waals surface area contributed by atoms with Crippen LogP contribution in [0.5, 0.6) is 0 Å². The Labute approximate surface area is 135 Å². The molecule has 0 saturated heterocycles. The van der Waals surface area contributed by atoms with E-state index in [1.54, 1.807) is 6.26 Å². The first-order chi connectivity index (χ1) is 11.2.